The fraction of sp³-hybridized carbons (Fsp3) is 0.458. The number of amides is 1. The van der Waals surface area contributed by atoms with Crippen molar-refractivity contribution in [1.29, 1.82) is 0 Å². The molecule has 0 spiro atoms. The molecule has 160 valence electrons. The Bertz CT molecular complexity index is 841. The number of morpholine rings is 1. The number of rotatable bonds is 6. The molecule has 0 aliphatic carbocycles. The summed E-state index contributed by atoms with van der Waals surface area (Å²) in [7, 11) is 0. The first-order valence-corrected chi connectivity index (χ1v) is 10.8. The van der Waals surface area contributed by atoms with Crippen molar-refractivity contribution < 1.29 is 13.9 Å². The molecule has 1 N–H and O–H groups in total. The number of benzene rings is 2. The van der Waals surface area contributed by atoms with Crippen molar-refractivity contribution in [1.82, 2.24) is 10.2 Å². The molecule has 6 heteroatoms. The molecule has 2 aromatic rings. The zero-order valence-electron chi connectivity index (χ0n) is 17.5. The topological polar surface area (TPSA) is 44.8 Å². The van der Waals surface area contributed by atoms with Crippen molar-refractivity contribution in [3.05, 3.63) is 65.5 Å². The molecule has 5 nitrogen and oxygen atoms in total. The van der Waals surface area contributed by atoms with E-state index in [4.69, 9.17) is 4.74 Å². The van der Waals surface area contributed by atoms with Crippen LogP contribution >= 0.6 is 0 Å². The van der Waals surface area contributed by atoms with Gasteiger partial charge in [-0.15, -0.1) is 0 Å². The van der Waals surface area contributed by atoms with Gasteiger partial charge in [0, 0.05) is 50.5 Å². The number of ether oxygens (including phenoxy) is 1. The fourth-order valence-corrected chi connectivity index (χ4v) is 4.28. The van der Waals surface area contributed by atoms with Crippen molar-refractivity contribution in [2.24, 2.45) is 5.92 Å². The van der Waals surface area contributed by atoms with Gasteiger partial charge in [0.05, 0.1) is 12.7 Å². The Hall–Kier alpha value is -2.44. The van der Waals surface area contributed by atoms with Gasteiger partial charge in [-0.3, -0.25) is 9.69 Å². The van der Waals surface area contributed by atoms with Crippen LogP contribution in [-0.4, -0.2) is 56.2 Å². The Morgan fingerprint density at radius 3 is 2.60 bits per heavy atom. The van der Waals surface area contributed by atoms with Gasteiger partial charge in [-0.25, -0.2) is 4.39 Å². The summed E-state index contributed by atoms with van der Waals surface area (Å²) >= 11 is 0. The van der Waals surface area contributed by atoms with Gasteiger partial charge >= 0.3 is 0 Å². The van der Waals surface area contributed by atoms with E-state index in [2.05, 4.69) is 22.0 Å². The third kappa shape index (κ3) is 5.37. The molecule has 2 aliphatic heterocycles. The molecule has 0 aromatic heterocycles. The molecular weight excluding hydrogens is 381 g/mol. The first kappa shape index (κ1) is 20.8. The molecule has 0 unspecified atom stereocenters. The number of anilines is 1. The van der Waals surface area contributed by atoms with Crippen LogP contribution in [-0.2, 0) is 11.3 Å². The number of nitrogens with one attached hydrogen (secondary N) is 1. The summed E-state index contributed by atoms with van der Waals surface area (Å²) in [6.45, 7) is 8.12. The minimum Gasteiger partial charge on any atom is -0.376 e. The Morgan fingerprint density at radius 1 is 1.10 bits per heavy atom. The smallest absolute Gasteiger partial charge is 0.251 e. The second-order valence-corrected chi connectivity index (χ2v) is 8.40. The summed E-state index contributed by atoms with van der Waals surface area (Å²) in [5.74, 6) is 0.163. The Morgan fingerprint density at radius 2 is 1.87 bits per heavy atom. The van der Waals surface area contributed by atoms with Gasteiger partial charge in [0.15, 0.2) is 0 Å². The molecule has 2 aliphatic rings. The highest BCUT2D eigenvalue weighted by Crippen LogP contribution is 2.23. The van der Waals surface area contributed by atoms with Gasteiger partial charge in [0.1, 0.15) is 5.82 Å². The number of halogens is 1. The second-order valence-electron chi connectivity index (χ2n) is 8.40. The molecule has 4 rings (SSSR count). The molecule has 0 radical (unpaired) electrons. The van der Waals surface area contributed by atoms with Crippen LogP contribution in [0.1, 0.15) is 29.3 Å². The van der Waals surface area contributed by atoms with Gasteiger partial charge in [-0.05, 0) is 61.2 Å². The third-order valence-electron chi connectivity index (χ3n) is 5.98. The van der Waals surface area contributed by atoms with Crippen LogP contribution in [0.4, 0.5) is 10.1 Å². The van der Waals surface area contributed by atoms with Crippen molar-refractivity contribution in [2.75, 3.05) is 44.2 Å². The van der Waals surface area contributed by atoms with Gasteiger partial charge in [-0.1, -0.05) is 12.1 Å². The highest BCUT2D eigenvalue weighted by molar-refractivity contribution is 5.94. The standard InChI is InChI=1S/C24H30FN3O2/c1-18-15-27(12-13-30-18)16-19-2-4-21(5-3-19)24(29)26-14-20-10-11-28(17-20)23-8-6-22(25)7-9-23/h2-9,18,20H,10-17H2,1H3,(H,26,29)/t18-,20-/m0/s1. The van der Waals surface area contributed by atoms with Crippen LogP contribution in [0, 0.1) is 11.7 Å². The van der Waals surface area contributed by atoms with E-state index in [9.17, 15) is 9.18 Å². The van der Waals surface area contributed by atoms with Crippen molar-refractivity contribution in [2.45, 2.75) is 26.0 Å². The lowest BCUT2D eigenvalue weighted by atomic mass is 10.1. The summed E-state index contributed by atoms with van der Waals surface area (Å²) in [4.78, 5) is 17.2. The lowest BCUT2D eigenvalue weighted by Gasteiger charge is -2.31. The van der Waals surface area contributed by atoms with Crippen molar-refractivity contribution >= 4 is 11.6 Å². The number of hydrogen-bond donors (Lipinski definition) is 1. The van der Waals surface area contributed by atoms with Gasteiger partial charge in [-0.2, -0.15) is 0 Å². The number of nitrogens with zero attached hydrogens (tertiary/aromatic N) is 2. The monoisotopic (exact) mass is 411 g/mol. The molecule has 1 amide bonds. The molecule has 0 saturated carbocycles. The molecule has 2 heterocycles. The molecule has 2 fully saturated rings. The summed E-state index contributed by atoms with van der Waals surface area (Å²) in [5, 5.41) is 3.08. The molecule has 0 bridgehead atoms. The highest BCUT2D eigenvalue weighted by atomic mass is 19.1. The Kier molecular flexibility index (Phi) is 6.65. The van der Waals surface area contributed by atoms with Gasteiger partial charge in [0.25, 0.3) is 5.91 Å². The molecule has 2 aromatic carbocycles. The van der Waals surface area contributed by atoms with E-state index in [-0.39, 0.29) is 17.8 Å². The van der Waals surface area contributed by atoms with E-state index in [1.54, 1.807) is 0 Å². The largest absolute Gasteiger partial charge is 0.376 e. The van der Waals surface area contributed by atoms with E-state index < -0.39 is 0 Å². The van der Waals surface area contributed by atoms with E-state index in [0.717, 1.165) is 51.4 Å². The van der Waals surface area contributed by atoms with E-state index in [1.165, 1.54) is 17.7 Å². The SMILES string of the molecule is C[C@H]1CN(Cc2ccc(C(=O)NC[C@@H]3CCN(c4ccc(F)cc4)C3)cc2)CCO1. The third-order valence-corrected chi connectivity index (χ3v) is 5.98. The van der Waals surface area contributed by atoms with Crippen LogP contribution in [0.25, 0.3) is 0 Å². The number of hydrogen-bond acceptors (Lipinski definition) is 4. The maximum atomic E-state index is 13.1. The van der Waals surface area contributed by atoms with Crippen LogP contribution in [0.15, 0.2) is 48.5 Å². The maximum Gasteiger partial charge on any atom is 0.251 e. The minimum absolute atomic E-state index is 0.0261. The first-order chi connectivity index (χ1) is 14.6. The maximum absolute atomic E-state index is 13.1. The fourth-order valence-electron chi connectivity index (χ4n) is 4.28. The first-order valence-electron chi connectivity index (χ1n) is 10.8. The summed E-state index contributed by atoms with van der Waals surface area (Å²) in [6.07, 6.45) is 1.30. The molecular formula is C24H30FN3O2. The zero-order chi connectivity index (χ0) is 20.9. The van der Waals surface area contributed by atoms with Gasteiger partial charge in [0.2, 0.25) is 0 Å². The highest BCUT2D eigenvalue weighted by Gasteiger charge is 2.23. The van der Waals surface area contributed by atoms with Crippen molar-refractivity contribution in [3.8, 4) is 0 Å². The quantitative estimate of drug-likeness (QED) is 0.792. The number of carbonyl (C=O) groups is 1. The zero-order valence-corrected chi connectivity index (χ0v) is 17.5. The normalized spacial score (nSPS) is 22.3. The summed E-state index contributed by atoms with van der Waals surface area (Å²) in [6, 6.07) is 14.5. The van der Waals surface area contributed by atoms with Crippen LogP contribution in [0.2, 0.25) is 0 Å². The van der Waals surface area contributed by atoms with E-state index >= 15 is 0 Å². The van der Waals surface area contributed by atoms with Crippen LogP contribution in [0.5, 0.6) is 0 Å². The second kappa shape index (κ2) is 9.58. The van der Waals surface area contributed by atoms with Crippen molar-refractivity contribution in [3.63, 3.8) is 0 Å². The van der Waals surface area contributed by atoms with Gasteiger partial charge < -0.3 is 15.0 Å². The molecule has 30 heavy (non-hydrogen) atoms. The number of carbonyl (C=O) groups excluding carboxylic acids is 1. The predicted molar refractivity (Wildman–Crippen MR) is 116 cm³/mol. The average molecular weight is 412 g/mol. The van der Waals surface area contributed by atoms with E-state index in [0.29, 0.717) is 18.0 Å². The molecule has 2 saturated heterocycles. The lowest BCUT2D eigenvalue weighted by Crippen LogP contribution is -2.40. The lowest BCUT2D eigenvalue weighted by molar-refractivity contribution is -0.0212. The van der Waals surface area contributed by atoms with Crippen LogP contribution < -0.4 is 10.2 Å². The Labute approximate surface area is 177 Å². The average Bonchev–Trinajstić information content (AvgIpc) is 3.22. The Balaban J connectivity index is 1.23. The predicted octanol–water partition coefficient (Wildman–Crippen LogP) is 3.30. The summed E-state index contributed by atoms with van der Waals surface area (Å²) in [5.41, 5.74) is 2.95. The summed E-state index contributed by atoms with van der Waals surface area (Å²) < 4.78 is 18.7. The van der Waals surface area contributed by atoms with Crippen LogP contribution in [0.3, 0.4) is 0 Å². The molecule has 2 atom stereocenters. The van der Waals surface area contributed by atoms with E-state index in [1.807, 2.05) is 36.4 Å². The minimum atomic E-state index is -0.215.